The van der Waals surface area contributed by atoms with Gasteiger partial charge in [0.05, 0.1) is 0 Å². The van der Waals surface area contributed by atoms with Gasteiger partial charge in [0.25, 0.3) is 5.91 Å². The number of hydrogen-bond acceptors (Lipinski definition) is 2. The summed E-state index contributed by atoms with van der Waals surface area (Å²) < 4.78 is 0. The molecule has 0 aliphatic carbocycles. The first-order valence-corrected chi connectivity index (χ1v) is 9.25. The van der Waals surface area contributed by atoms with E-state index >= 15 is 0 Å². The molecule has 1 heterocycles. The molecular weight excluding hydrogens is 348 g/mol. The summed E-state index contributed by atoms with van der Waals surface area (Å²) in [6.07, 6.45) is 1.34. The van der Waals surface area contributed by atoms with Crippen molar-refractivity contribution in [2.45, 2.75) is 26.7 Å². The number of rotatable bonds is 3. The maximum absolute atomic E-state index is 12.6. The lowest BCUT2D eigenvalue weighted by atomic mass is 9.95. The molecule has 2 aromatic rings. The van der Waals surface area contributed by atoms with Gasteiger partial charge in [0.15, 0.2) is 0 Å². The van der Waals surface area contributed by atoms with E-state index in [0.717, 1.165) is 16.8 Å². The zero-order chi connectivity index (χ0) is 18.7. The van der Waals surface area contributed by atoms with Gasteiger partial charge >= 0.3 is 0 Å². The van der Waals surface area contributed by atoms with Crippen molar-refractivity contribution >= 4 is 29.1 Å². The van der Waals surface area contributed by atoms with E-state index in [1.807, 2.05) is 55.1 Å². The Balaban J connectivity index is 1.58. The molecule has 0 spiro atoms. The lowest BCUT2D eigenvalue weighted by Gasteiger charge is -2.31. The number of anilines is 1. The van der Waals surface area contributed by atoms with Crippen LogP contribution >= 0.6 is 11.6 Å². The van der Waals surface area contributed by atoms with Gasteiger partial charge in [-0.3, -0.25) is 9.59 Å². The zero-order valence-corrected chi connectivity index (χ0v) is 15.8. The molecule has 2 aromatic carbocycles. The maximum atomic E-state index is 12.6. The van der Waals surface area contributed by atoms with E-state index in [2.05, 4.69) is 5.32 Å². The summed E-state index contributed by atoms with van der Waals surface area (Å²) in [5.41, 5.74) is 3.51. The van der Waals surface area contributed by atoms with Gasteiger partial charge in [-0.05, 0) is 56.5 Å². The van der Waals surface area contributed by atoms with Crippen LogP contribution in [0, 0.1) is 19.8 Å². The number of nitrogens with zero attached hydrogens (tertiary/aromatic N) is 1. The summed E-state index contributed by atoms with van der Waals surface area (Å²) in [4.78, 5) is 27.0. The number of nitrogens with one attached hydrogen (secondary N) is 1. The number of piperidine rings is 1. The molecule has 26 heavy (non-hydrogen) atoms. The molecule has 0 atom stereocenters. The van der Waals surface area contributed by atoms with Crippen LogP contribution in [0.15, 0.2) is 42.5 Å². The van der Waals surface area contributed by atoms with Gasteiger partial charge in [0, 0.05) is 35.3 Å². The minimum Gasteiger partial charge on any atom is -0.339 e. The molecule has 0 saturated carbocycles. The number of amides is 2. The van der Waals surface area contributed by atoms with Crippen molar-refractivity contribution < 1.29 is 9.59 Å². The number of carbonyl (C=O) groups is 2. The van der Waals surface area contributed by atoms with E-state index in [9.17, 15) is 9.59 Å². The Hall–Kier alpha value is -2.33. The third-order valence-electron chi connectivity index (χ3n) is 4.88. The standard InChI is InChI=1S/C21H23ClN2O2/c1-14-4-3-5-17(12-14)21(26)24-10-8-16(9-11-24)20(25)23-19-13-18(22)7-6-15(19)2/h3-7,12-13,16H,8-11H2,1-2H3,(H,23,25). The van der Waals surface area contributed by atoms with Crippen LogP contribution < -0.4 is 5.32 Å². The Labute approximate surface area is 159 Å². The summed E-state index contributed by atoms with van der Waals surface area (Å²) >= 11 is 6.01. The predicted octanol–water partition coefficient (Wildman–Crippen LogP) is 4.45. The fraction of sp³-hybridized carbons (Fsp3) is 0.333. The lowest BCUT2D eigenvalue weighted by Crippen LogP contribution is -2.41. The zero-order valence-electron chi connectivity index (χ0n) is 15.1. The van der Waals surface area contributed by atoms with Crippen LogP contribution in [0.5, 0.6) is 0 Å². The fourth-order valence-electron chi connectivity index (χ4n) is 3.27. The van der Waals surface area contributed by atoms with E-state index in [0.29, 0.717) is 36.5 Å². The van der Waals surface area contributed by atoms with E-state index in [1.165, 1.54) is 0 Å². The van der Waals surface area contributed by atoms with Crippen LogP contribution in [-0.4, -0.2) is 29.8 Å². The second-order valence-corrected chi connectivity index (χ2v) is 7.32. The lowest BCUT2D eigenvalue weighted by molar-refractivity contribution is -0.121. The number of hydrogen-bond donors (Lipinski definition) is 1. The predicted molar refractivity (Wildman–Crippen MR) is 105 cm³/mol. The molecule has 136 valence electrons. The van der Waals surface area contributed by atoms with Crippen LogP contribution in [0.3, 0.4) is 0 Å². The van der Waals surface area contributed by atoms with Gasteiger partial charge in [0.1, 0.15) is 0 Å². The number of likely N-dealkylation sites (tertiary alicyclic amines) is 1. The molecular formula is C21H23ClN2O2. The van der Waals surface area contributed by atoms with Crippen LogP contribution in [0.4, 0.5) is 5.69 Å². The monoisotopic (exact) mass is 370 g/mol. The largest absolute Gasteiger partial charge is 0.339 e. The summed E-state index contributed by atoms with van der Waals surface area (Å²) in [5, 5.41) is 3.58. The Morgan fingerprint density at radius 3 is 2.50 bits per heavy atom. The molecule has 5 heteroatoms. The average molecular weight is 371 g/mol. The van der Waals surface area contributed by atoms with Crippen molar-refractivity contribution in [3.8, 4) is 0 Å². The molecule has 1 N–H and O–H groups in total. The fourth-order valence-corrected chi connectivity index (χ4v) is 3.44. The summed E-state index contributed by atoms with van der Waals surface area (Å²) in [7, 11) is 0. The Morgan fingerprint density at radius 2 is 1.81 bits per heavy atom. The number of halogens is 1. The number of benzene rings is 2. The molecule has 2 amide bonds. The molecule has 1 saturated heterocycles. The van der Waals surface area contributed by atoms with Gasteiger partial charge in [-0.2, -0.15) is 0 Å². The first-order chi connectivity index (χ1) is 12.4. The molecule has 4 nitrogen and oxygen atoms in total. The van der Waals surface area contributed by atoms with Crippen LogP contribution in [0.2, 0.25) is 5.02 Å². The molecule has 1 fully saturated rings. The highest BCUT2D eigenvalue weighted by Gasteiger charge is 2.28. The van der Waals surface area contributed by atoms with Crippen molar-refractivity contribution in [2.75, 3.05) is 18.4 Å². The van der Waals surface area contributed by atoms with E-state index in [1.54, 1.807) is 6.07 Å². The third kappa shape index (κ3) is 4.25. The Morgan fingerprint density at radius 1 is 1.08 bits per heavy atom. The molecule has 0 radical (unpaired) electrons. The second kappa shape index (κ2) is 7.92. The van der Waals surface area contributed by atoms with E-state index in [-0.39, 0.29) is 17.7 Å². The molecule has 0 bridgehead atoms. The van der Waals surface area contributed by atoms with Gasteiger partial charge in [-0.25, -0.2) is 0 Å². The first kappa shape index (κ1) is 18.5. The van der Waals surface area contributed by atoms with Crippen molar-refractivity contribution in [1.29, 1.82) is 0 Å². The quantitative estimate of drug-likeness (QED) is 0.867. The number of carbonyl (C=O) groups excluding carboxylic acids is 2. The first-order valence-electron chi connectivity index (χ1n) is 8.87. The minimum atomic E-state index is -0.0880. The minimum absolute atomic E-state index is 0.00183. The van der Waals surface area contributed by atoms with Gasteiger partial charge < -0.3 is 10.2 Å². The van der Waals surface area contributed by atoms with Gasteiger partial charge in [-0.1, -0.05) is 35.4 Å². The maximum Gasteiger partial charge on any atom is 0.253 e. The highest BCUT2D eigenvalue weighted by Crippen LogP contribution is 2.24. The summed E-state index contributed by atoms with van der Waals surface area (Å²) in [5.74, 6) is -0.0498. The second-order valence-electron chi connectivity index (χ2n) is 6.88. The van der Waals surface area contributed by atoms with Crippen molar-refractivity contribution in [1.82, 2.24) is 4.90 Å². The highest BCUT2D eigenvalue weighted by atomic mass is 35.5. The summed E-state index contributed by atoms with van der Waals surface area (Å²) in [6.45, 7) is 5.11. The smallest absolute Gasteiger partial charge is 0.253 e. The van der Waals surface area contributed by atoms with Crippen LogP contribution in [0.25, 0.3) is 0 Å². The SMILES string of the molecule is Cc1cccc(C(=O)N2CCC(C(=O)Nc3cc(Cl)ccc3C)CC2)c1. The van der Waals surface area contributed by atoms with Crippen LogP contribution in [-0.2, 0) is 4.79 Å². The Kier molecular flexibility index (Phi) is 5.62. The average Bonchev–Trinajstić information content (AvgIpc) is 2.64. The highest BCUT2D eigenvalue weighted by molar-refractivity contribution is 6.31. The van der Waals surface area contributed by atoms with Gasteiger partial charge in [0.2, 0.25) is 5.91 Å². The molecule has 0 unspecified atom stereocenters. The van der Waals surface area contributed by atoms with Crippen LogP contribution in [0.1, 0.15) is 34.3 Å². The van der Waals surface area contributed by atoms with Crippen molar-refractivity contribution in [3.63, 3.8) is 0 Å². The Bertz CT molecular complexity index is 827. The molecule has 3 rings (SSSR count). The topological polar surface area (TPSA) is 49.4 Å². The number of aryl methyl sites for hydroxylation is 2. The molecule has 1 aliphatic heterocycles. The van der Waals surface area contributed by atoms with E-state index in [4.69, 9.17) is 11.6 Å². The third-order valence-corrected chi connectivity index (χ3v) is 5.11. The molecule has 1 aliphatic rings. The van der Waals surface area contributed by atoms with E-state index < -0.39 is 0 Å². The van der Waals surface area contributed by atoms with Crippen molar-refractivity contribution in [2.24, 2.45) is 5.92 Å². The van der Waals surface area contributed by atoms with Gasteiger partial charge in [-0.15, -0.1) is 0 Å². The normalized spacial score (nSPS) is 15.0. The summed E-state index contributed by atoms with van der Waals surface area (Å²) in [6, 6.07) is 13.1. The van der Waals surface area contributed by atoms with Crippen molar-refractivity contribution in [3.05, 3.63) is 64.2 Å². The molecule has 0 aromatic heterocycles.